The lowest BCUT2D eigenvalue weighted by atomic mass is 10.1. The van der Waals surface area contributed by atoms with Gasteiger partial charge in [-0.15, -0.1) is 0 Å². The lowest BCUT2D eigenvalue weighted by molar-refractivity contribution is -0.186. The van der Waals surface area contributed by atoms with Gasteiger partial charge in [-0.25, -0.2) is 9.97 Å². The molecule has 2 aromatic carbocycles. The van der Waals surface area contributed by atoms with Crippen LogP contribution >= 0.6 is 0 Å². The van der Waals surface area contributed by atoms with Gasteiger partial charge in [0.25, 0.3) is 0 Å². The molecular formula is C26H26F3N9O5. The smallest absolute Gasteiger partial charge is 0.471 e. The number of anilines is 2. The molecule has 5 rings (SSSR count). The molecule has 4 aromatic rings. The second-order valence-electron chi connectivity index (χ2n) is 9.53. The second kappa shape index (κ2) is 11.1. The quantitative estimate of drug-likeness (QED) is 0.242. The molecule has 0 saturated carbocycles. The minimum Gasteiger partial charge on any atom is -0.489 e. The molecule has 0 saturated heterocycles. The summed E-state index contributed by atoms with van der Waals surface area (Å²) in [6.07, 6.45) is -1.66. The summed E-state index contributed by atoms with van der Waals surface area (Å²) >= 11 is 0. The number of halogens is 3. The third-order valence-electron chi connectivity index (χ3n) is 6.75. The van der Waals surface area contributed by atoms with Gasteiger partial charge in [-0.3, -0.25) is 14.4 Å². The number of hydrogen-bond donors (Lipinski definition) is 4. The van der Waals surface area contributed by atoms with Gasteiger partial charge in [0.15, 0.2) is 0 Å². The Balaban J connectivity index is 1.61. The van der Waals surface area contributed by atoms with Crippen molar-refractivity contribution in [2.75, 3.05) is 37.8 Å². The van der Waals surface area contributed by atoms with E-state index in [1.807, 2.05) is 0 Å². The number of benzene rings is 2. The molecule has 2 aromatic heterocycles. The number of allylic oxidation sites excluding steroid dienone is 2. The summed E-state index contributed by atoms with van der Waals surface area (Å²) in [5.41, 5.74) is 24.6. The van der Waals surface area contributed by atoms with Crippen molar-refractivity contribution >= 4 is 51.7 Å². The highest BCUT2D eigenvalue weighted by Gasteiger charge is 2.42. The van der Waals surface area contributed by atoms with Crippen LogP contribution in [-0.2, 0) is 17.9 Å². The molecule has 226 valence electrons. The predicted molar refractivity (Wildman–Crippen MR) is 148 cm³/mol. The molecule has 0 aliphatic carbocycles. The molecule has 0 radical (unpaired) electrons. The summed E-state index contributed by atoms with van der Waals surface area (Å²) in [5, 5.41) is 0. The Morgan fingerprint density at radius 3 is 1.53 bits per heavy atom. The first-order chi connectivity index (χ1) is 20.3. The molecule has 1 aliphatic heterocycles. The number of primary amides is 2. The van der Waals surface area contributed by atoms with Crippen molar-refractivity contribution in [1.82, 2.24) is 24.0 Å². The largest absolute Gasteiger partial charge is 0.489 e. The van der Waals surface area contributed by atoms with E-state index in [2.05, 4.69) is 9.97 Å². The number of amides is 3. The molecule has 17 heteroatoms. The Morgan fingerprint density at radius 2 is 1.16 bits per heavy atom. The number of nitrogen functional groups attached to an aromatic ring is 2. The zero-order chi connectivity index (χ0) is 31.1. The summed E-state index contributed by atoms with van der Waals surface area (Å²) in [6, 6.07) is 5.49. The van der Waals surface area contributed by atoms with Crippen molar-refractivity contribution < 1.29 is 37.0 Å². The van der Waals surface area contributed by atoms with E-state index < -0.39 is 50.2 Å². The predicted octanol–water partition coefficient (Wildman–Crippen LogP) is 1.17. The van der Waals surface area contributed by atoms with Crippen molar-refractivity contribution in [2.24, 2.45) is 11.5 Å². The zero-order valence-corrected chi connectivity index (χ0v) is 22.4. The topological polar surface area (TPSA) is 213 Å². The van der Waals surface area contributed by atoms with Crippen LogP contribution in [0, 0.1) is 0 Å². The van der Waals surface area contributed by atoms with E-state index in [0.717, 1.165) is 0 Å². The first-order valence-corrected chi connectivity index (χ1v) is 12.8. The van der Waals surface area contributed by atoms with E-state index in [0.29, 0.717) is 15.9 Å². The lowest BCUT2D eigenvalue weighted by Gasteiger charge is -2.24. The number of nitrogens with two attached hydrogens (primary N) is 4. The number of carbonyl (C=O) groups is 3. The Morgan fingerprint density at radius 1 is 0.744 bits per heavy atom. The Kier molecular flexibility index (Phi) is 7.47. The number of ether oxygens (including phenoxy) is 2. The summed E-state index contributed by atoms with van der Waals surface area (Å²) in [7, 11) is 0. The first-order valence-electron chi connectivity index (χ1n) is 12.8. The summed E-state index contributed by atoms with van der Waals surface area (Å²) in [6.45, 7) is -1.45. The van der Waals surface area contributed by atoms with Crippen molar-refractivity contribution in [3.05, 3.63) is 47.5 Å². The summed E-state index contributed by atoms with van der Waals surface area (Å²) < 4.78 is 55.2. The van der Waals surface area contributed by atoms with E-state index in [4.69, 9.17) is 32.4 Å². The van der Waals surface area contributed by atoms with Crippen LogP contribution in [0.25, 0.3) is 22.1 Å². The molecule has 3 heterocycles. The van der Waals surface area contributed by atoms with Gasteiger partial charge in [-0.2, -0.15) is 13.2 Å². The highest BCUT2D eigenvalue weighted by Crippen LogP contribution is 2.32. The molecular weight excluding hydrogens is 575 g/mol. The van der Waals surface area contributed by atoms with Crippen molar-refractivity contribution in [3.63, 3.8) is 0 Å². The number of hydrogen-bond acceptors (Lipinski definition) is 9. The molecule has 0 unspecified atom stereocenters. The van der Waals surface area contributed by atoms with Gasteiger partial charge in [0.1, 0.15) is 35.7 Å². The third kappa shape index (κ3) is 5.68. The van der Waals surface area contributed by atoms with Crippen LogP contribution in [0.15, 0.2) is 36.4 Å². The first kappa shape index (κ1) is 29.0. The molecule has 0 bridgehead atoms. The average Bonchev–Trinajstić information content (AvgIpc) is 3.43. The number of alkyl halides is 3. The van der Waals surface area contributed by atoms with Gasteiger partial charge >= 0.3 is 12.1 Å². The number of carbonyl (C=O) groups excluding carboxylic acids is 3. The fraction of sp³-hybridized carbons (Fsp3) is 0.269. The summed E-state index contributed by atoms with van der Waals surface area (Å²) in [4.78, 5) is 45.2. The van der Waals surface area contributed by atoms with Crippen molar-refractivity contribution in [3.8, 4) is 11.5 Å². The standard InChI is InChI=1S/C26H26F3N9O5/c27-26(28,29)23(41)36-5-7-42-17-11-13(21(30)39)9-15-19(17)37(24(32)34-15)3-1-2-4-38-20-16(35-25(38)33)10-14(22(31)40)12-18(20)43-8-6-36/h1-2,9-12H,3-8H2,(H2,30,39)(H2,31,40)(H2,32,34)(H2,33,35)/b2-1+. The molecule has 0 atom stereocenters. The number of aromatic nitrogens is 4. The molecule has 0 spiro atoms. The average molecular weight is 602 g/mol. The second-order valence-corrected chi connectivity index (χ2v) is 9.53. The van der Waals surface area contributed by atoms with E-state index in [1.165, 1.54) is 24.3 Å². The zero-order valence-electron chi connectivity index (χ0n) is 22.4. The minimum absolute atomic E-state index is 0.0397. The van der Waals surface area contributed by atoms with Gasteiger partial charge < -0.3 is 46.4 Å². The number of nitrogens with zero attached hydrogens (tertiary/aromatic N) is 5. The Hall–Kier alpha value is -5.48. The van der Waals surface area contributed by atoms with Crippen LogP contribution in [0.2, 0.25) is 0 Å². The lowest BCUT2D eigenvalue weighted by Crippen LogP contribution is -2.45. The van der Waals surface area contributed by atoms with E-state index >= 15 is 0 Å². The fourth-order valence-corrected chi connectivity index (χ4v) is 4.76. The molecule has 3 amide bonds. The van der Waals surface area contributed by atoms with Gasteiger partial charge in [0, 0.05) is 24.2 Å². The van der Waals surface area contributed by atoms with E-state index in [-0.39, 0.29) is 58.6 Å². The van der Waals surface area contributed by atoms with Gasteiger partial charge in [0.2, 0.25) is 23.7 Å². The summed E-state index contributed by atoms with van der Waals surface area (Å²) in [5.74, 6) is -3.38. The van der Waals surface area contributed by atoms with Crippen LogP contribution in [-0.4, -0.2) is 74.2 Å². The van der Waals surface area contributed by atoms with E-state index in [9.17, 15) is 27.6 Å². The molecule has 0 fully saturated rings. The fourth-order valence-electron chi connectivity index (χ4n) is 4.76. The number of imidazole rings is 2. The van der Waals surface area contributed by atoms with Gasteiger partial charge in [-0.05, 0) is 24.3 Å². The molecule has 43 heavy (non-hydrogen) atoms. The third-order valence-corrected chi connectivity index (χ3v) is 6.75. The maximum Gasteiger partial charge on any atom is 0.471 e. The van der Waals surface area contributed by atoms with Crippen LogP contribution in [0.5, 0.6) is 11.5 Å². The highest BCUT2D eigenvalue weighted by atomic mass is 19.4. The van der Waals surface area contributed by atoms with Gasteiger partial charge in [-0.1, -0.05) is 12.2 Å². The van der Waals surface area contributed by atoms with Crippen molar-refractivity contribution in [2.45, 2.75) is 19.3 Å². The monoisotopic (exact) mass is 601 g/mol. The van der Waals surface area contributed by atoms with E-state index in [1.54, 1.807) is 21.3 Å². The van der Waals surface area contributed by atoms with Crippen LogP contribution in [0.1, 0.15) is 20.7 Å². The number of rotatable bonds is 2. The van der Waals surface area contributed by atoms with Crippen molar-refractivity contribution in [1.29, 1.82) is 0 Å². The minimum atomic E-state index is -5.18. The van der Waals surface area contributed by atoms with Crippen LogP contribution < -0.4 is 32.4 Å². The van der Waals surface area contributed by atoms with Crippen LogP contribution in [0.3, 0.4) is 0 Å². The molecule has 1 aliphatic rings. The normalized spacial score (nSPS) is 15.5. The van der Waals surface area contributed by atoms with Crippen LogP contribution in [0.4, 0.5) is 25.1 Å². The Bertz CT molecular complexity index is 1680. The maximum absolute atomic E-state index is 13.5. The SMILES string of the molecule is NC(=O)c1cc2c3c(c1)nc(N)n3C/C=C/Cn1c(N)nc3cc(C(N)=O)cc(c31)OCCN(C(=O)C(F)(F)F)CCO2. The molecule has 14 nitrogen and oxygen atoms in total. The highest BCUT2D eigenvalue weighted by molar-refractivity contribution is 5.99. The van der Waals surface area contributed by atoms with Gasteiger partial charge in [0.05, 0.1) is 24.1 Å². The molecule has 8 N–H and O–H groups in total. The maximum atomic E-state index is 13.5. The Labute approximate surface area is 240 Å².